The average molecular weight is 373 g/mol. The highest BCUT2D eigenvalue weighted by atomic mass is 32.2. The number of nitrogens with zero attached hydrogens (tertiary/aromatic N) is 2. The molecule has 3 rings (SSSR count). The van der Waals surface area contributed by atoms with Crippen LogP contribution in [0.1, 0.15) is 29.3 Å². The zero-order chi connectivity index (χ0) is 18.7. The zero-order valence-corrected chi connectivity index (χ0v) is 15.8. The standard InChI is InChI=1S/C19H23N3O3S/c1-3-14-6-4-5-7-18(14)21-16-10-15(11-20-12-16)19(23)22(2)17-8-9-26(24,25)13-17/h4-7,10-12,17,21H,3,8-9,13H2,1-2H3. The fourth-order valence-corrected chi connectivity index (χ4v) is 4.96. The van der Waals surface area contributed by atoms with Gasteiger partial charge in [-0.1, -0.05) is 25.1 Å². The van der Waals surface area contributed by atoms with Crippen molar-refractivity contribution in [3.05, 3.63) is 53.9 Å². The largest absolute Gasteiger partial charge is 0.354 e. The summed E-state index contributed by atoms with van der Waals surface area (Å²) in [5.74, 6) is -0.0417. The highest BCUT2D eigenvalue weighted by molar-refractivity contribution is 7.91. The van der Waals surface area contributed by atoms with E-state index in [1.165, 1.54) is 16.7 Å². The van der Waals surface area contributed by atoms with Crippen molar-refractivity contribution in [2.75, 3.05) is 23.9 Å². The van der Waals surface area contributed by atoms with Crippen molar-refractivity contribution in [2.24, 2.45) is 0 Å². The highest BCUT2D eigenvalue weighted by Crippen LogP contribution is 2.23. The van der Waals surface area contributed by atoms with Crippen LogP contribution in [0.4, 0.5) is 11.4 Å². The fourth-order valence-electron chi connectivity index (χ4n) is 3.18. The SMILES string of the molecule is CCc1ccccc1Nc1cncc(C(=O)N(C)C2CCS(=O)(=O)C2)c1. The number of carbonyl (C=O) groups is 1. The molecule has 1 saturated heterocycles. The van der Waals surface area contributed by atoms with Crippen LogP contribution in [-0.2, 0) is 16.3 Å². The summed E-state index contributed by atoms with van der Waals surface area (Å²) < 4.78 is 23.3. The van der Waals surface area contributed by atoms with Gasteiger partial charge in [-0.2, -0.15) is 0 Å². The molecule has 1 N–H and O–H groups in total. The molecule has 0 spiro atoms. The van der Waals surface area contributed by atoms with Crippen LogP contribution in [0.3, 0.4) is 0 Å². The third kappa shape index (κ3) is 4.04. The van der Waals surface area contributed by atoms with Gasteiger partial charge in [0.2, 0.25) is 0 Å². The van der Waals surface area contributed by atoms with Gasteiger partial charge in [-0.25, -0.2) is 8.42 Å². The third-order valence-corrected chi connectivity index (χ3v) is 6.49. The van der Waals surface area contributed by atoms with Gasteiger partial charge in [-0.15, -0.1) is 0 Å². The first kappa shape index (κ1) is 18.4. The molecule has 1 amide bonds. The van der Waals surface area contributed by atoms with Crippen molar-refractivity contribution in [1.29, 1.82) is 0 Å². The van der Waals surface area contributed by atoms with E-state index in [0.717, 1.165) is 17.8 Å². The monoisotopic (exact) mass is 373 g/mol. The second-order valence-electron chi connectivity index (χ2n) is 6.57. The van der Waals surface area contributed by atoms with Gasteiger partial charge >= 0.3 is 0 Å². The van der Waals surface area contributed by atoms with E-state index >= 15 is 0 Å². The summed E-state index contributed by atoms with van der Waals surface area (Å²) in [5, 5.41) is 3.31. The maximum atomic E-state index is 12.7. The minimum Gasteiger partial charge on any atom is -0.354 e. The van der Waals surface area contributed by atoms with Crippen molar-refractivity contribution in [1.82, 2.24) is 9.88 Å². The molecule has 1 aliphatic rings. The minimum atomic E-state index is -3.03. The van der Waals surface area contributed by atoms with E-state index in [0.29, 0.717) is 12.0 Å². The van der Waals surface area contributed by atoms with E-state index in [9.17, 15) is 13.2 Å². The van der Waals surface area contributed by atoms with Crippen molar-refractivity contribution >= 4 is 27.1 Å². The molecule has 138 valence electrons. The van der Waals surface area contributed by atoms with E-state index < -0.39 is 9.84 Å². The molecule has 1 unspecified atom stereocenters. The molecular formula is C19H23N3O3S. The molecule has 6 nitrogen and oxygen atoms in total. The Kier molecular flexibility index (Phi) is 5.27. The number of carbonyl (C=O) groups excluding carboxylic acids is 1. The number of benzene rings is 1. The summed E-state index contributed by atoms with van der Waals surface area (Å²) in [4.78, 5) is 18.4. The number of para-hydroxylation sites is 1. The van der Waals surface area contributed by atoms with E-state index in [4.69, 9.17) is 0 Å². The lowest BCUT2D eigenvalue weighted by molar-refractivity contribution is 0.0747. The summed E-state index contributed by atoms with van der Waals surface area (Å²) in [7, 11) is -1.38. The van der Waals surface area contributed by atoms with Gasteiger partial charge in [0.05, 0.1) is 29.0 Å². The Morgan fingerprint density at radius 1 is 1.31 bits per heavy atom. The lowest BCUT2D eigenvalue weighted by atomic mass is 10.1. The van der Waals surface area contributed by atoms with Crippen molar-refractivity contribution < 1.29 is 13.2 Å². The predicted octanol–water partition coefficient (Wildman–Crippen LogP) is 2.65. The van der Waals surface area contributed by atoms with Crippen LogP contribution in [0, 0.1) is 0 Å². The van der Waals surface area contributed by atoms with Crippen molar-refractivity contribution in [3.63, 3.8) is 0 Å². The first-order chi connectivity index (χ1) is 12.4. The second kappa shape index (κ2) is 7.45. The lowest BCUT2D eigenvalue weighted by Gasteiger charge is -2.23. The van der Waals surface area contributed by atoms with Crippen LogP contribution in [0.5, 0.6) is 0 Å². The molecule has 0 radical (unpaired) electrons. The number of pyridine rings is 1. The van der Waals surface area contributed by atoms with E-state index in [2.05, 4.69) is 23.3 Å². The third-order valence-electron chi connectivity index (χ3n) is 4.74. The molecule has 1 aliphatic heterocycles. The molecule has 1 aromatic carbocycles. The van der Waals surface area contributed by atoms with Crippen LogP contribution < -0.4 is 5.32 Å². The van der Waals surface area contributed by atoms with E-state index in [1.54, 1.807) is 19.3 Å². The van der Waals surface area contributed by atoms with Crippen LogP contribution >= 0.6 is 0 Å². The number of sulfone groups is 1. The van der Waals surface area contributed by atoms with Gasteiger partial charge in [-0.05, 0) is 30.5 Å². The quantitative estimate of drug-likeness (QED) is 0.872. The molecule has 0 saturated carbocycles. The molecule has 1 fully saturated rings. The van der Waals surface area contributed by atoms with Crippen molar-refractivity contribution in [2.45, 2.75) is 25.8 Å². The fraction of sp³-hybridized carbons (Fsp3) is 0.368. The Bertz CT molecular complexity index is 912. The summed E-state index contributed by atoms with van der Waals surface area (Å²) in [6.45, 7) is 2.09. The molecule has 1 atom stereocenters. The van der Waals surface area contributed by atoms with Gasteiger partial charge in [0.25, 0.3) is 5.91 Å². The molecule has 0 aliphatic carbocycles. The van der Waals surface area contributed by atoms with Crippen LogP contribution in [0.2, 0.25) is 0 Å². The number of nitrogens with one attached hydrogen (secondary N) is 1. The summed E-state index contributed by atoms with van der Waals surface area (Å²) in [5.41, 5.74) is 3.33. The van der Waals surface area contributed by atoms with Crippen LogP contribution in [-0.4, -0.2) is 48.8 Å². The Balaban J connectivity index is 1.77. The normalized spacial score (nSPS) is 18.5. The Hall–Kier alpha value is -2.41. The molecular weight excluding hydrogens is 350 g/mol. The number of hydrogen-bond acceptors (Lipinski definition) is 5. The number of anilines is 2. The number of amides is 1. The topological polar surface area (TPSA) is 79.4 Å². The number of aryl methyl sites for hydroxylation is 1. The second-order valence-corrected chi connectivity index (χ2v) is 8.80. The predicted molar refractivity (Wildman–Crippen MR) is 102 cm³/mol. The smallest absolute Gasteiger partial charge is 0.255 e. The maximum Gasteiger partial charge on any atom is 0.255 e. The van der Waals surface area contributed by atoms with Crippen LogP contribution in [0.15, 0.2) is 42.7 Å². The molecule has 26 heavy (non-hydrogen) atoms. The number of rotatable bonds is 5. The lowest BCUT2D eigenvalue weighted by Crippen LogP contribution is -2.37. The Morgan fingerprint density at radius 3 is 2.77 bits per heavy atom. The molecule has 0 bridgehead atoms. The molecule has 1 aromatic heterocycles. The first-order valence-electron chi connectivity index (χ1n) is 8.67. The Labute approximate surface area is 154 Å². The van der Waals surface area contributed by atoms with Gasteiger partial charge in [0, 0.05) is 25.0 Å². The van der Waals surface area contributed by atoms with Gasteiger partial charge < -0.3 is 10.2 Å². The zero-order valence-electron chi connectivity index (χ0n) is 15.0. The highest BCUT2D eigenvalue weighted by Gasteiger charge is 2.33. The molecule has 2 heterocycles. The van der Waals surface area contributed by atoms with E-state index in [1.807, 2.05) is 18.2 Å². The summed E-state index contributed by atoms with van der Waals surface area (Å²) in [6, 6.07) is 9.47. The minimum absolute atomic E-state index is 0.0322. The first-order valence-corrected chi connectivity index (χ1v) is 10.5. The summed E-state index contributed by atoms with van der Waals surface area (Å²) >= 11 is 0. The average Bonchev–Trinajstić information content (AvgIpc) is 3.01. The van der Waals surface area contributed by atoms with Crippen molar-refractivity contribution in [3.8, 4) is 0 Å². The number of aromatic nitrogens is 1. The van der Waals surface area contributed by atoms with Gasteiger partial charge in [-0.3, -0.25) is 9.78 Å². The Morgan fingerprint density at radius 2 is 2.08 bits per heavy atom. The molecule has 2 aromatic rings. The maximum absolute atomic E-state index is 12.7. The number of hydrogen-bond donors (Lipinski definition) is 1. The van der Waals surface area contributed by atoms with Gasteiger partial charge in [0.15, 0.2) is 9.84 Å². The molecule has 7 heteroatoms. The van der Waals surface area contributed by atoms with Crippen LogP contribution in [0.25, 0.3) is 0 Å². The van der Waals surface area contributed by atoms with Gasteiger partial charge in [0.1, 0.15) is 0 Å². The van der Waals surface area contributed by atoms with E-state index in [-0.39, 0.29) is 23.5 Å². The summed E-state index contributed by atoms with van der Waals surface area (Å²) in [6.07, 6.45) is 4.57.